The van der Waals surface area contributed by atoms with E-state index in [1.807, 2.05) is 0 Å². The first-order chi connectivity index (χ1) is 8.30. The second kappa shape index (κ2) is 4.57. The molecule has 98 valence electrons. The highest BCUT2D eigenvalue weighted by Crippen LogP contribution is 2.46. The zero-order chi connectivity index (χ0) is 13.5. The summed E-state index contributed by atoms with van der Waals surface area (Å²) in [6, 6.07) is 3.64. The molecule has 0 spiro atoms. The number of carboxylic acid groups (broad SMARTS) is 1. The summed E-state index contributed by atoms with van der Waals surface area (Å²) in [7, 11) is 0. The standard InChI is InChI=1S/C12H10BrF3O2/c13-7-3-4-8(9(5-7)12(14,15)16)10(11(17)18)6-1-2-6/h3-6,10H,1-2H2,(H,17,18). The van der Waals surface area contributed by atoms with Crippen LogP contribution in [0.15, 0.2) is 22.7 Å². The second-order valence-electron chi connectivity index (χ2n) is 4.38. The predicted octanol–water partition coefficient (Wildman–Crippen LogP) is 4.05. The molecule has 0 bridgehead atoms. The number of benzene rings is 1. The van der Waals surface area contributed by atoms with Gasteiger partial charge in [-0.1, -0.05) is 22.0 Å². The lowest BCUT2D eigenvalue weighted by Crippen LogP contribution is -2.19. The van der Waals surface area contributed by atoms with Crippen molar-refractivity contribution in [2.75, 3.05) is 0 Å². The maximum absolute atomic E-state index is 12.9. The number of aliphatic carboxylic acids is 1. The Labute approximate surface area is 110 Å². The van der Waals surface area contributed by atoms with Gasteiger partial charge in [0.2, 0.25) is 0 Å². The molecule has 1 aromatic rings. The first-order valence-corrected chi connectivity index (χ1v) is 6.19. The van der Waals surface area contributed by atoms with Crippen LogP contribution in [0.4, 0.5) is 13.2 Å². The Morgan fingerprint density at radius 1 is 1.39 bits per heavy atom. The highest BCUT2D eigenvalue weighted by atomic mass is 79.9. The highest BCUT2D eigenvalue weighted by molar-refractivity contribution is 9.10. The summed E-state index contributed by atoms with van der Waals surface area (Å²) in [4.78, 5) is 11.2. The summed E-state index contributed by atoms with van der Waals surface area (Å²) in [6.07, 6.45) is -3.20. The molecule has 1 fully saturated rings. The fourth-order valence-electron chi connectivity index (χ4n) is 2.06. The number of alkyl halides is 3. The van der Waals surface area contributed by atoms with Crippen molar-refractivity contribution in [3.8, 4) is 0 Å². The third kappa shape index (κ3) is 2.68. The summed E-state index contributed by atoms with van der Waals surface area (Å²) in [5.41, 5.74) is -1.00. The van der Waals surface area contributed by atoms with Crippen molar-refractivity contribution in [1.29, 1.82) is 0 Å². The average Bonchev–Trinajstić information content (AvgIpc) is 3.02. The van der Waals surface area contributed by atoms with Crippen molar-refractivity contribution in [2.45, 2.75) is 24.9 Å². The van der Waals surface area contributed by atoms with Crippen LogP contribution in [0, 0.1) is 5.92 Å². The van der Waals surface area contributed by atoms with Gasteiger partial charge in [-0.25, -0.2) is 0 Å². The van der Waals surface area contributed by atoms with Crippen LogP contribution < -0.4 is 0 Å². The van der Waals surface area contributed by atoms with Crippen LogP contribution in [-0.2, 0) is 11.0 Å². The Balaban J connectivity index is 2.51. The topological polar surface area (TPSA) is 37.3 Å². The van der Waals surface area contributed by atoms with Crippen LogP contribution in [-0.4, -0.2) is 11.1 Å². The average molecular weight is 323 g/mol. The molecule has 6 heteroatoms. The van der Waals surface area contributed by atoms with E-state index in [1.54, 1.807) is 0 Å². The van der Waals surface area contributed by atoms with E-state index in [9.17, 15) is 18.0 Å². The van der Waals surface area contributed by atoms with E-state index in [4.69, 9.17) is 5.11 Å². The van der Waals surface area contributed by atoms with Crippen molar-refractivity contribution in [2.24, 2.45) is 5.92 Å². The summed E-state index contributed by atoms with van der Waals surface area (Å²) in [5.74, 6) is -2.43. The molecule has 0 saturated heterocycles. The first-order valence-electron chi connectivity index (χ1n) is 5.40. The molecule has 1 unspecified atom stereocenters. The number of halogens is 4. The zero-order valence-corrected chi connectivity index (χ0v) is 10.8. The number of hydrogen-bond acceptors (Lipinski definition) is 1. The van der Waals surface area contributed by atoms with Gasteiger partial charge in [0, 0.05) is 4.47 Å². The summed E-state index contributed by atoms with van der Waals surface area (Å²) < 4.78 is 39.1. The van der Waals surface area contributed by atoms with Crippen LogP contribution in [0.3, 0.4) is 0 Å². The Morgan fingerprint density at radius 2 is 2.00 bits per heavy atom. The van der Waals surface area contributed by atoms with E-state index in [2.05, 4.69) is 15.9 Å². The lowest BCUT2D eigenvalue weighted by atomic mass is 9.90. The minimum atomic E-state index is -4.54. The number of carboxylic acids is 1. The van der Waals surface area contributed by atoms with Gasteiger partial charge in [0.25, 0.3) is 0 Å². The smallest absolute Gasteiger partial charge is 0.416 e. The van der Waals surface area contributed by atoms with Crippen molar-refractivity contribution in [3.63, 3.8) is 0 Å². The van der Waals surface area contributed by atoms with E-state index in [0.29, 0.717) is 17.3 Å². The first kappa shape index (κ1) is 13.4. The maximum Gasteiger partial charge on any atom is 0.416 e. The van der Waals surface area contributed by atoms with Gasteiger partial charge in [0.1, 0.15) is 0 Å². The van der Waals surface area contributed by atoms with Crippen LogP contribution in [0.25, 0.3) is 0 Å². The molecule has 18 heavy (non-hydrogen) atoms. The Kier molecular flexibility index (Phi) is 3.40. The van der Waals surface area contributed by atoms with Gasteiger partial charge >= 0.3 is 12.1 Å². The van der Waals surface area contributed by atoms with Gasteiger partial charge in [-0.3, -0.25) is 4.79 Å². The lowest BCUT2D eigenvalue weighted by Gasteiger charge is -2.18. The molecule has 1 aliphatic rings. The van der Waals surface area contributed by atoms with Gasteiger partial charge in [-0.05, 0) is 36.5 Å². The lowest BCUT2D eigenvalue weighted by molar-refractivity contribution is -0.142. The molecular formula is C12H10BrF3O2. The SMILES string of the molecule is O=C(O)C(c1ccc(Br)cc1C(F)(F)F)C1CC1. The van der Waals surface area contributed by atoms with Gasteiger partial charge in [0.05, 0.1) is 11.5 Å². The molecule has 0 aromatic heterocycles. The number of rotatable bonds is 3. The molecule has 0 amide bonds. The normalized spacial score (nSPS) is 17.6. The fraction of sp³-hybridized carbons (Fsp3) is 0.417. The Bertz CT molecular complexity index is 481. The van der Waals surface area contributed by atoms with Crippen molar-refractivity contribution >= 4 is 21.9 Å². The molecule has 0 radical (unpaired) electrons. The molecule has 2 nitrogen and oxygen atoms in total. The van der Waals surface area contributed by atoms with Crippen LogP contribution >= 0.6 is 15.9 Å². The van der Waals surface area contributed by atoms with Crippen LogP contribution in [0.5, 0.6) is 0 Å². The van der Waals surface area contributed by atoms with Crippen molar-refractivity contribution in [1.82, 2.24) is 0 Å². The third-order valence-electron chi connectivity index (χ3n) is 3.02. The molecule has 1 aromatic carbocycles. The zero-order valence-electron chi connectivity index (χ0n) is 9.17. The number of carbonyl (C=O) groups is 1. The minimum absolute atomic E-state index is 0.138. The van der Waals surface area contributed by atoms with E-state index in [0.717, 1.165) is 6.07 Å². The third-order valence-corrected chi connectivity index (χ3v) is 3.51. The summed E-state index contributed by atoms with van der Waals surface area (Å²) in [5, 5.41) is 9.12. The molecule has 0 heterocycles. The van der Waals surface area contributed by atoms with E-state index < -0.39 is 23.6 Å². The summed E-state index contributed by atoms with van der Waals surface area (Å²) in [6.45, 7) is 0. The van der Waals surface area contributed by atoms with Crippen LogP contribution in [0.2, 0.25) is 0 Å². The molecular weight excluding hydrogens is 313 g/mol. The van der Waals surface area contributed by atoms with E-state index in [-0.39, 0.29) is 11.5 Å². The minimum Gasteiger partial charge on any atom is -0.481 e. The molecule has 2 rings (SSSR count). The monoisotopic (exact) mass is 322 g/mol. The Hall–Kier alpha value is -1.04. The van der Waals surface area contributed by atoms with Gasteiger partial charge in [-0.15, -0.1) is 0 Å². The predicted molar refractivity (Wildman–Crippen MR) is 62.2 cm³/mol. The van der Waals surface area contributed by atoms with Crippen molar-refractivity contribution in [3.05, 3.63) is 33.8 Å². The summed E-state index contributed by atoms with van der Waals surface area (Å²) >= 11 is 2.98. The molecule has 1 N–H and O–H groups in total. The van der Waals surface area contributed by atoms with Crippen LogP contribution in [0.1, 0.15) is 29.9 Å². The largest absolute Gasteiger partial charge is 0.481 e. The molecule has 1 saturated carbocycles. The van der Waals surface area contributed by atoms with Gasteiger partial charge < -0.3 is 5.11 Å². The molecule has 0 aliphatic heterocycles. The van der Waals surface area contributed by atoms with Crippen molar-refractivity contribution < 1.29 is 23.1 Å². The fourth-order valence-corrected chi connectivity index (χ4v) is 2.42. The molecule has 1 atom stereocenters. The highest BCUT2D eigenvalue weighted by Gasteiger charge is 2.43. The van der Waals surface area contributed by atoms with E-state index >= 15 is 0 Å². The van der Waals surface area contributed by atoms with Gasteiger partial charge in [0.15, 0.2) is 0 Å². The maximum atomic E-state index is 12.9. The quantitative estimate of drug-likeness (QED) is 0.911. The van der Waals surface area contributed by atoms with E-state index in [1.165, 1.54) is 12.1 Å². The second-order valence-corrected chi connectivity index (χ2v) is 5.30. The Morgan fingerprint density at radius 3 is 2.44 bits per heavy atom. The molecule has 1 aliphatic carbocycles. The number of hydrogen-bond donors (Lipinski definition) is 1. The van der Waals surface area contributed by atoms with Gasteiger partial charge in [-0.2, -0.15) is 13.2 Å².